The summed E-state index contributed by atoms with van der Waals surface area (Å²) < 4.78 is 15.6. The Morgan fingerprint density at radius 2 is 1.76 bits per heavy atom. The standard InChI is InChI=1S/C16H14O5/c1-19-15-9-11(10-17)7-8-14(15)21-13-6-4-3-5-12(13)16(18)20-2/h3-10H,1-2H3. The third-order valence-corrected chi connectivity index (χ3v) is 2.84. The van der Waals surface area contributed by atoms with Crippen LogP contribution in [0.1, 0.15) is 20.7 Å². The largest absolute Gasteiger partial charge is 0.493 e. The van der Waals surface area contributed by atoms with E-state index in [9.17, 15) is 9.59 Å². The van der Waals surface area contributed by atoms with E-state index in [1.54, 1.807) is 42.5 Å². The van der Waals surface area contributed by atoms with Gasteiger partial charge in [-0.25, -0.2) is 4.79 Å². The summed E-state index contributed by atoms with van der Waals surface area (Å²) in [5, 5.41) is 0. The first kappa shape index (κ1) is 14.6. The van der Waals surface area contributed by atoms with Crippen molar-refractivity contribution in [1.82, 2.24) is 0 Å². The van der Waals surface area contributed by atoms with Crippen molar-refractivity contribution in [3.8, 4) is 17.2 Å². The molecule has 0 saturated carbocycles. The summed E-state index contributed by atoms with van der Waals surface area (Å²) in [6.45, 7) is 0. The summed E-state index contributed by atoms with van der Waals surface area (Å²) in [4.78, 5) is 22.5. The highest BCUT2D eigenvalue weighted by atomic mass is 16.5. The molecular weight excluding hydrogens is 272 g/mol. The van der Waals surface area contributed by atoms with E-state index in [2.05, 4.69) is 0 Å². The van der Waals surface area contributed by atoms with Gasteiger partial charge in [-0.15, -0.1) is 0 Å². The molecule has 0 N–H and O–H groups in total. The fourth-order valence-corrected chi connectivity index (χ4v) is 1.79. The molecule has 2 rings (SSSR count). The lowest BCUT2D eigenvalue weighted by Gasteiger charge is -2.12. The molecule has 5 nitrogen and oxygen atoms in total. The van der Waals surface area contributed by atoms with Gasteiger partial charge in [0.15, 0.2) is 11.5 Å². The molecule has 0 heterocycles. The predicted octanol–water partition coefficient (Wildman–Crippen LogP) is 3.09. The Balaban J connectivity index is 2.38. The van der Waals surface area contributed by atoms with Gasteiger partial charge < -0.3 is 14.2 Å². The predicted molar refractivity (Wildman–Crippen MR) is 76.2 cm³/mol. The fraction of sp³-hybridized carbons (Fsp3) is 0.125. The number of ether oxygens (including phenoxy) is 3. The van der Waals surface area contributed by atoms with E-state index >= 15 is 0 Å². The molecule has 0 bridgehead atoms. The molecule has 21 heavy (non-hydrogen) atoms. The van der Waals surface area contributed by atoms with E-state index < -0.39 is 5.97 Å². The quantitative estimate of drug-likeness (QED) is 0.624. The van der Waals surface area contributed by atoms with Crippen molar-refractivity contribution in [1.29, 1.82) is 0 Å². The van der Waals surface area contributed by atoms with E-state index in [1.807, 2.05) is 0 Å². The molecule has 5 heteroatoms. The van der Waals surface area contributed by atoms with Gasteiger partial charge in [0.25, 0.3) is 0 Å². The zero-order valence-electron chi connectivity index (χ0n) is 11.7. The molecule has 0 spiro atoms. The molecule has 108 valence electrons. The molecule has 0 radical (unpaired) electrons. The molecular formula is C16H14O5. The second-order valence-electron chi connectivity index (χ2n) is 4.12. The molecule has 0 saturated heterocycles. The van der Waals surface area contributed by atoms with Crippen molar-refractivity contribution in [2.45, 2.75) is 0 Å². The van der Waals surface area contributed by atoms with Crippen molar-refractivity contribution >= 4 is 12.3 Å². The minimum absolute atomic E-state index is 0.307. The first-order valence-corrected chi connectivity index (χ1v) is 6.18. The second-order valence-corrected chi connectivity index (χ2v) is 4.12. The van der Waals surface area contributed by atoms with Crippen molar-refractivity contribution < 1.29 is 23.8 Å². The van der Waals surface area contributed by atoms with Gasteiger partial charge in [0, 0.05) is 5.56 Å². The highest BCUT2D eigenvalue weighted by molar-refractivity contribution is 5.92. The number of rotatable bonds is 5. The first-order chi connectivity index (χ1) is 10.2. The minimum atomic E-state index is -0.492. The van der Waals surface area contributed by atoms with Gasteiger partial charge in [0.05, 0.1) is 14.2 Å². The number of para-hydroxylation sites is 1. The highest BCUT2D eigenvalue weighted by Crippen LogP contribution is 2.33. The van der Waals surface area contributed by atoms with Crippen LogP contribution in [0.25, 0.3) is 0 Å². The van der Waals surface area contributed by atoms with Crippen LogP contribution in [0, 0.1) is 0 Å². The Morgan fingerprint density at radius 3 is 2.43 bits per heavy atom. The van der Waals surface area contributed by atoms with Gasteiger partial charge in [-0.1, -0.05) is 12.1 Å². The lowest BCUT2D eigenvalue weighted by molar-refractivity contribution is 0.0597. The third kappa shape index (κ3) is 3.20. The van der Waals surface area contributed by atoms with Crippen LogP contribution in [0.5, 0.6) is 17.2 Å². The number of benzene rings is 2. The Labute approximate surface area is 122 Å². The number of hydrogen-bond donors (Lipinski definition) is 0. The van der Waals surface area contributed by atoms with Crippen molar-refractivity contribution in [3.05, 3.63) is 53.6 Å². The zero-order chi connectivity index (χ0) is 15.2. The lowest BCUT2D eigenvalue weighted by atomic mass is 10.2. The second kappa shape index (κ2) is 6.56. The van der Waals surface area contributed by atoms with Crippen molar-refractivity contribution in [2.75, 3.05) is 14.2 Å². The Kier molecular flexibility index (Phi) is 4.56. The molecule has 0 atom stereocenters. The molecule has 2 aromatic rings. The van der Waals surface area contributed by atoms with E-state index in [4.69, 9.17) is 14.2 Å². The highest BCUT2D eigenvalue weighted by Gasteiger charge is 2.14. The maximum absolute atomic E-state index is 11.7. The number of esters is 1. The number of aldehydes is 1. The Bertz CT molecular complexity index is 663. The fourth-order valence-electron chi connectivity index (χ4n) is 1.79. The molecule has 0 aromatic heterocycles. The van der Waals surface area contributed by atoms with Crippen LogP contribution in [0.15, 0.2) is 42.5 Å². The molecule has 0 aliphatic heterocycles. The summed E-state index contributed by atoms with van der Waals surface area (Å²) in [6, 6.07) is 11.5. The number of methoxy groups -OCH3 is 2. The summed E-state index contributed by atoms with van der Waals surface area (Å²) in [5.74, 6) is 0.661. The average Bonchev–Trinajstić information content (AvgIpc) is 2.55. The van der Waals surface area contributed by atoms with Gasteiger partial charge in [0.1, 0.15) is 17.6 Å². The smallest absolute Gasteiger partial charge is 0.341 e. The normalized spacial score (nSPS) is 9.81. The maximum atomic E-state index is 11.7. The van der Waals surface area contributed by atoms with E-state index in [0.29, 0.717) is 34.7 Å². The monoisotopic (exact) mass is 286 g/mol. The van der Waals surface area contributed by atoms with Crippen LogP contribution in [-0.2, 0) is 4.74 Å². The summed E-state index contributed by atoms with van der Waals surface area (Å²) in [6.07, 6.45) is 0.717. The van der Waals surface area contributed by atoms with Crippen LogP contribution < -0.4 is 9.47 Å². The summed E-state index contributed by atoms with van der Waals surface area (Å²) >= 11 is 0. The van der Waals surface area contributed by atoms with Gasteiger partial charge in [-0.05, 0) is 30.3 Å². The third-order valence-electron chi connectivity index (χ3n) is 2.84. The van der Waals surface area contributed by atoms with Crippen LogP contribution >= 0.6 is 0 Å². The topological polar surface area (TPSA) is 61.8 Å². The van der Waals surface area contributed by atoms with Crippen molar-refractivity contribution in [3.63, 3.8) is 0 Å². The van der Waals surface area contributed by atoms with Crippen LogP contribution in [-0.4, -0.2) is 26.5 Å². The molecule has 0 fully saturated rings. The van der Waals surface area contributed by atoms with Crippen LogP contribution in [0.4, 0.5) is 0 Å². The average molecular weight is 286 g/mol. The first-order valence-electron chi connectivity index (χ1n) is 6.18. The molecule has 0 amide bonds. The van der Waals surface area contributed by atoms with Crippen LogP contribution in [0.3, 0.4) is 0 Å². The molecule has 0 unspecified atom stereocenters. The van der Waals surface area contributed by atoms with E-state index in [1.165, 1.54) is 14.2 Å². The number of hydrogen-bond acceptors (Lipinski definition) is 5. The lowest BCUT2D eigenvalue weighted by Crippen LogP contribution is -2.03. The van der Waals surface area contributed by atoms with Gasteiger partial charge in [-0.3, -0.25) is 4.79 Å². The van der Waals surface area contributed by atoms with E-state index in [0.717, 1.165) is 0 Å². The minimum Gasteiger partial charge on any atom is -0.493 e. The summed E-state index contributed by atoms with van der Waals surface area (Å²) in [7, 11) is 2.78. The zero-order valence-corrected chi connectivity index (χ0v) is 11.7. The molecule has 0 aliphatic rings. The van der Waals surface area contributed by atoms with Gasteiger partial charge in [0.2, 0.25) is 0 Å². The van der Waals surface area contributed by atoms with Crippen molar-refractivity contribution in [2.24, 2.45) is 0 Å². The van der Waals surface area contributed by atoms with Gasteiger partial charge in [-0.2, -0.15) is 0 Å². The number of carbonyl (C=O) groups excluding carboxylic acids is 2. The summed E-state index contributed by atoms with van der Waals surface area (Å²) in [5.41, 5.74) is 0.780. The molecule has 0 aliphatic carbocycles. The Hall–Kier alpha value is -2.82. The van der Waals surface area contributed by atoms with Gasteiger partial charge >= 0.3 is 5.97 Å². The number of carbonyl (C=O) groups is 2. The SMILES string of the molecule is COC(=O)c1ccccc1Oc1ccc(C=O)cc1OC. The van der Waals surface area contributed by atoms with E-state index in [-0.39, 0.29) is 0 Å². The maximum Gasteiger partial charge on any atom is 0.341 e. The van der Waals surface area contributed by atoms with Crippen LogP contribution in [0.2, 0.25) is 0 Å². The Morgan fingerprint density at radius 1 is 1.00 bits per heavy atom. The molecule has 2 aromatic carbocycles.